The molecule has 17 heavy (non-hydrogen) atoms. The zero-order valence-electron chi connectivity index (χ0n) is 9.91. The SMILES string of the molecule is Cc1cn2nc(N(C)CC(C)C(=O)O)sc2n1. The van der Waals surface area contributed by atoms with E-state index < -0.39 is 11.9 Å². The number of hydrogen-bond acceptors (Lipinski definition) is 5. The average molecular weight is 254 g/mol. The van der Waals surface area contributed by atoms with E-state index in [0.717, 1.165) is 15.8 Å². The highest BCUT2D eigenvalue weighted by Gasteiger charge is 2.17. The topological polar surface area (TPSA) is 70.7 Å². The molecule has 2 heterocycles. The molecule has 0 saturated carbocycles. The van der Waals surface area contributed by atoms with Gasteiger partial charge in [-0.3, -0.25) is 4.79 Å². The minimum atomic E-state index is -0.797. The quantitative estimate of drug-likeness (QED) is 0.889. The number of imidazole rings is 1. The molecule has 0 bridgehead atoms. The summed E-state index contributed by atoms with van der Waals surface area (Å²) in [7, 11) is 1.84. The van der Waals surface area contributed by atoms with Gasteiger partial charge in [-0.05, 0) is 6.92 Å². The van der Waals surface area contributed by atoms with Crippen molar-refractivity contribution < 1.29 is 9.90 Å². The summed E-state index contributed by atoms with van der Waals surface area (Å²) < 4.78 is 1.72. The van der Waals surface area contributed by atoms with Crippen molar-refractivity contribution >= 4 is 27.4 Å². The summed E-state index contributed by atoms with van der Waals surface area (Å²) >= 11 is 1.45. The van der Waals surface area contributed by atoms with Gasteiger partial charge in [0.2, 0.25) is 10.1 Å². The molecule has 0 aromatic carbocycles. The van der Waals surface area contributed by atoms with E-state index >= 15 is 0 Å². The van der Waals surface area contributed by atoms with Gasteiger partial charge in [-0.15, -0.1) is 5.10 Å². The van der Waals surface area contributed by atoms with E-state index in [0.29, 0.717) is 6.54 Å². The molecule has 92 valence electrons. The Morgan fingerprint density at radius 1 is 1.71 bits per heavy atom. The van der Waals surface area contributed by atoms with E-state index in [1.165, 1.54) is 11.3 Å². The molecule has 0 aliphatic heterocycles. The van der Waals surface area contributed by atoms with E-state index in [9.17, 15) is 4.79 Å². The van der Waals surface area contributed by atoms with Crippen LogP contribution in [0.5, 0.6) is 0 Å². The third-order valence-electron chi connectivity index (χ3n) is 2.45. The van der Waals surface area contributed by atoms with Crippen molar-refractivity contribution in [2.45, 2.75) is 13.8 Å². The molecule has 0 fully saturated rings. The maximum absolute atomic E-state index is 10.8. The van der Waals surface area contributed by atoms with Crippen molar-refractivity contribution in [3.63, 3.8) is 0 Å². The lowest BCUT2D eigenvalue weighted by Crippen LogP contribution is -2.28. The first-order valence-electron chi connectivity index (χ1n) is 5.24. The second kappa shape index (κ2) is 4.33. The van der Waals surface area contributed by atoms with Crippen LogP contribution >= 0.6 is 11.3 Å². The minimum Gasteiger partial charge on any atom is -0.481 e. The Morgan fingerprint density at radius 2 is 2.41 bits per heavy atom. The fraction of sp³-hybridized carbons (Fsp3) is 0.500. The van der Waals surface area contributed by atoms with E-state index in [2.05, 4.69) is 10.1 Å². The van der Waals surface area contributed by atoms with Gasteiger partial charge in [0.25, 0.3) is 0 Å². The molecular weight excluding hydrogens is 240 g/mol. The number of carboxylic acids is 1. The number of aryl methyl sites for hydroxylation is 1. The Balaban J connectivity index is 2.15. The molecule has 0 spiro atoms. The van der Waals surface area contributed by atoms with Crippen LogP contribution in [-0.4, -0.2) is 39.3 Å². The van der Waals surface area contributed by atoms with Crippen LogP contribution in [0.15, 0.2) is 6.20 Å². The lowest BCUT2D eigenvalue weighted by molar-refractivity contribution is -0.140. The Kier molecular flexibility index (Phi) is 3.01. The highest BCUT2D eigenvalue weighted by Crippen LogP contribution is 2.22. The number of hydrogen-bond donors (Lipinski definition) is 1. The number of carboxylic acid groups (broad SMARTS) is 1. The van der Waals surface area contributed by atoms with Gasteiger partial charge >= 0.3 is 5.97 Å². The summed E-state index contributed by atoms with van der Waals surface area (Å²) in [5.74, 6) is -1.22. The molecule has 2 aromatic rings. The number of carbonyl (C=O) groups is 1. The Bertz CT molecular complexity index is 516. The summed E-state index contributed by atoms with van der Waals surface area (Å²) in [6.07, 6.45) is 1.85. The summed E-state index contributed by atoms with van der Waals surface area (Å²) in [6.45, 7) is 4.03. The standard InChI is InChI=1S/C10H14N4O2S/c1-6(8(15)16)4-13(3)10-12-14-5-7(2)11-9(14)17-10/h5-6H,4H2,1-3H3,(H,15,16). The summed E-state index contributed by atoms with van der Waals surface area (Å²) in [4.78, 5) is 17.7. The van der Waals surface area contributed by atoms with E-state index in [-0.39, 0.29) is 0 Å². The third kappa shape index (κ3) is 2.38. The highest BCUT2D eigenvalue weighted by molar-refractivity contribution is 7.20. The molecular formula is C10H14N4O2S. The van der Waals surface area contributed by atoms with Crippen molar-refractivity contribution in [1.82, 2.24) is 14.6 Å². The van der Waals surface area contributed by atoms with Crippen LogP contribution < -0.4 is 4.90 Å². The Morgan fingerprint density at radius 3 is 3.00 bits per heavy atom. The first kappa shape index (κ1) is 11.8. The van der Waals surface area contributed by atoms with Crippen molar-refractivity contribution in [3.8, 4) is 0 Å². The number of aliphatic carboxylic acids is 1. The lowest BCUT2D eigenvalue weighted by Gasteiger charge is -2.17. The number of aromatic nitrogens is 3. The predicted molar refractivity (Wildman–Crippen MR) is 65.7 cm³/mol. The third-order valence-corrected chi connectivity index (χ3v) is 3.49. The van der Waals surface area contributed by atoms with E-state index in [1.54, 1.807) is 11.4 Å². The Hall–Kier alpha value is -1.63. The van der Waals surface area contributed by atoms with Gasteiger partial charge in [0.1, 0.15) is 0 Å². The van der Waals surface area contributed by atoms with Gasteiger partial charge in [-0.2, -0.15) is 0 Å². The smallest absolute Gasteiger partial charge is 0.308 e. The second-order valence-electron chi connectivity index (χ2n) is 4.11. The van der Waals surface area contributed by atoms with Crippen LogP contribution in [0.4, 0.5) is 5.13 Å². The van der Waals surface area contributed by atoms with Gasteiger partial charge < -0.3 is 10.0 Å². The molecule has 1 unspecified atom stereocenters. The van der Waals surface area contributed by atoms with Crippen molar-refractivity contribution in [2.24, 2.45) is 5.92 Å². The molecule has 0 radical (unpaired) electrons. The minimum absolute atomic E-state index is 0.419. The largest absolute Gasteiger partial charge is 0.481 e. The maximum atomic E-state index is 10.8. The first-order chi connectivity index (χ1) is 7.97. The molecule has 7 heteroatoms. The average Bonchev–Trinajstić information content (AvgIpc) is 2.73. The Labute approximate surface area is 103 Å². The molecule has 6 nitrogen and oxygen atoms in total. The second-order valence-corrected chi connectivity index (χ2v) is 5.05. The first-order valence-corrected chi connectivity index (χ1v) is 6.06. The van der Waals surface area contributed by atoms with Gasteiger partial charge in [-0.1, -0.05) is 18.3 Å². The predicted octanol–water partition coefficient (Wildman–Crippen LogP) is 1.26. The molecule has 0 aliphatic rings. The van der Waals surface area contributed by atoms with Crippen LogP contribution in [0, 0.1) is 12.8 Å². The zero-order valence-corrected chi connectivity index (χ0v) is 10.7. The van der Waals surface area contributed by atoms with Crippen LogP contribution in [0.1, 0.15) is 12.6 Å². The fourth-order valence-electron chi connectivity index (χ4n) is 1.52. The van der Waals surface area contributed by atoms with Gasteiger partial charge in [0, 0.05) is 13.6 Å². The van der Waals surface area contributed by atoms with Crippen LogP contribution in [0.25, 0.3) is 4.96 Å². The van der Waals surface area contributed by atoms with Crippen LogP contribution in [0.3, 0.4) is 0 Å². The summed E-state index contributed by atoms with van der Waals surface area (Å²) in [5, 5.41) is 14.0. The van der Waals surface area contributed by atoms with E-state index in [4.69, 9.17) is 5.11 Å². The van der Waals surface area contributed by atoms with Crippen molar-refractivity contribution in [2.75, 3.05) is 18.5 Å². The summed E-state index contributed by atoms with van der Waals surface area (Å²) in [6, 6.07) is 0. The zero-order chi connectivity index (χ0) is 12.6. The number of anilines is 1. The van der Waals surface area contributed by atoms with Gasteiger partial charge in [0.05, 0.1) is 17.8 Å². The number of fused-ring (bicyclic) bond motifs is 1. The molecule has 1 N–H and O–H groups in total. The van der Waals surface area contributed by atoms with Crippen LogP contribution in [-0.2, 0) is 4.79 Å². The van der Waals surface area contributed by atoms with Crippen molar-refractivity contribution in [3.05, 3.63) is 11.9 Å². The normalized spacial score (nSPS) is 12.9. The molecule has 0 aliphatic carbocycles. The molecule has 2 rings (SSSR count). The maximum Gasteiger partial charge on any atom is 0.308 e. The number of rotatable bonds is 4. The molecule has 0 amide bonds. The number of nitrogens with zero attached hydrogens (tertiary/aromatic N) is 4. The lowest BCUT2D eigenvalue weighted by atomic mass is 10.2. The monoisotopic (exact) mass is 254 g/mol. The molecule has 0 saturated heterocycles. The van der Waals surface area contributed by atoms with E-state index in [1.807, 2.05) is 25.1 Å². The highest BCUT2D eigenvalue weighted by atomic mass is 32.1. The van der Waals surface area contributed by atoms with Gasteiger partial charge in [0.15, 0.2) is 0 Å². The molecule has 1 atom stereocenters. The van der Waals surface area contributed by atoms with Crippen LogP contribution in [0.2, 0.25) is 0 Å². The summed E-state index contributed by atoms with van der Waals surface area (Å²) in [5.41, 5.74) is 0.928. The van der Waals surface area contributed by atoms with Gasteiger partial charge in [-0.25, -0.2) is 9.50 Å². The molecule has 2 aromatic heterocycles. The fourth-order valence-corrected chi connectivity index (χ4v) is 2.42. The van der Waals surface area contributed by atoms with Crippen molar-refractivity contribution in [1.29, 1.82) is 0 Å².